The number of carbonyl (C=O) groups excluding carboxylic acids is 3. The first kappa shape index (κ1) is 22.5. The third-order valence-electron chi connectivity index (χ3n) is 5.76. The number of rotatable bonds is 5. The van der Waals surface area contributed by atoms with Gasteiger partial charge in [0.2, 0.25) is 5.91 Å². The maximum Gasteiger partial charge on any atom is 0.294 e. The standard InChI is InChI=1S/C23H24ClN3O4S/c1-14-10-16(15(2)27(14)18-12-17(24)6-7-19(18)31-3)11-20-22(29)26(23(30)32-20)13-21(28)25-8-4-5-9-25/h6-7,10-12H,4-5,8-9,13H2,1-3H3/b20-11+. The van der Waals surface area contributed by atoms with Crippen LogP contribution in [0.25, 0.3) is 11.8 Å². The van der Waals surface area contributed by atoms with Gasteiger partial charge in [-0.15, -0.1) is 0 Å². The molecule has 0 N–H and O–H groups in total. The molecular formula is C23H24ClN3O4S. The molecule has 9 heteroatoms. The second-order valence-corrected chi connectivity index (χ2v) is 9.26. The third kappa shape index (κ3) is 4.17. The number of aryl methyl sites for hydroxylation is 1. The van der Waals surface area contributed by atoms with Crippen LogP contribution in [0.1, 0.15) is 29.8 Å². The average molecular weight is 474 g/mol. The molecule has 1 aromatic carbocycles. The Labute approximate surface area is 195 Å². The smallest absolute Gasteiger partial charge is 0.294 e. The first-order valence-corrected chi connectivity index (χ1v) is 11.6. The van der Waals surface area contributed by atoms with Crippen LogP contribution in [0.3, 0.4) is 0 Å². The van der Waals surface area contributed by atoms with E-state index in [-0.39, 0.29) is 12.5 Å². The molecule has 2 aliphatic heterocycles. The summed E-state index contributed by atoms with van der Waals surface area (Å²) < 4.78 is 7.49. The molecule has 168 valence electrons. The van der Waals surface area contributed by atoms with Crippen molar-refractivity contribution in [3.05, 3.63) is 51.1 Å². The Kier molecular flexibility index (Phi) is 6.35. The number of hydrogen-bond acceptors (Lipinski definition) is 5. The Bertz CT molecular complexity index is 1130. The highest BCUT2D eigenvalue weighted by molar-refractivity contribution is 8.18. The highest BCUT2D eigenvalue weighted by atomic mass is 35.5. The zero-order chi connectivity index (χ0) is 23.0. The summed E-state index contributed by atoms with van der Waals surface area (Å²) >= 11 is 7.07. The van der Waals surface area contributed by atoms with Crippen molar-refractivity contribution in [1.82, 2.24) is 14.4 Å². The number of halogens is 1. The zero-order valence-corrected chi connectivity index (χ0v) is 19.8. The minimum Gasteiger partial charge on any atom is -0.495 e. The van der Waals surface area contributed by atoms with Gasteiger partial charge in [0.05, 0.1) is 17.7 Å². The number of carbonyl (C=O) groups is 3. The van der Waals surface area contributed by atoms with E-state index in [9.17, 15) is 14.4 Å². The van der Waals surface area contributed by atoms with Gasteiger partial charge in [-0.25, -0.2) is 0 Å². The van der Waals surface area contributed by atoms with E-state index in [1.54, 1.807) is 30.2 Å². The quantitative estimate of drug-likeness (QED) is 0.601. The summed E-state index contributed by atoms with van der Waals surface area (Å²) in [5.41, 5.74) is 3.40. The SMILES string of the molecule is COc1ccc(Cl)cc1-n1c(C)cc(/C=C2/SC(=O)N(CC(=O)N3CCCC3)C2=O)c1C. The van der Waals surface area contributed by atoms with E-state index < -0.39 is 11.1 Å². The molecule has 0 spiro atoms. The lowest BCUT2D eigenvalue weighted by Crippen LogP contribution is -2.40. The molecule has 0 aliphatic carbocycles. The molecule has 2 saturated heterocycles. The summed E-state index contributed by atoms with van der Waals surface area (Å²) in [6.45, 7) is 5.04. The van der Waals surface area contributed by atoms with Crippen LogP contribution in [-0.4, -0.2) is 58.2 Å². The molecule has 7 nitrogen and oxygen atoms in total. The van der Waals surface area contributed by atoms with Crippen molar-refractivity contribution in [2.45, 2.75) is 26.7 Å². The number of methoxy groups -OCH3 is 1. The van der Waals surface area contributed by atoms with Crippen LogP contribution < -0.4 is 4.74 Å². The molecule has 0 unspecified atom stereocenters. The van der Waals surface area contributed by atoms with Crippen LogP contribution in [0.4, 0.5) is 4.79 Å². The number of hydrogen-bond donors (Lipinski definition) is 0. The first-order valence-electron chi connectivity index (χ1n) is 10.4. The van der Waals surface area contributed by atoms with Gasteiger partial charge in [0.25, 0.3) is 11.1 Å². The van der Waals surface area contributed by atoms with Gasteiger partial charge in [-0.2, -0.15) is 0 Å². The number of ether oxygens (including phenoxy) is 1. The van der Waals surface area contributed by atoms with E-state index in [1.165, 1.54) is 0 Å². The lowest BCUT2D eigenvalue weighted by atomic mass is 10.2. The fourth-order valence-corrected chi connectivity index (χ4v) is 5.12. The molecule has 4 rings (SSSR count). The summed E-state index contributed by atoms with van der Waals surface area (Å²) in [4.78, 5) is 40.8. The van der Waals surface area contributed by atoms with Crippen LogP contribution >= 0.6 is 23.4 Å². The highest BCUT2D eigenvalue weighted by Gasteiger charge is 2.37. The number of thioether (sulfide) groups is 1. The first-order chi connectivity index (χ1) is 15.3. The highest BCUT2D eigenvalue weighted by Crippen LogP contribution is 2.35. The van der Waals surface area contributed by atoms with Gasteiger partial charge in [-0.1, -0.05) is 11.6 Å². The molecule has 2 aromatic rings. The minimum atomic E-state index is -0.433. The van der Waals surface area contributed by atoms with Crippen molar-refractivity contribution in [3.8, 4) is 11.4 Å². The molecular weight excluding hydrogens is 450 g/mol. The molecule has 0 saturated carbocycles. The molecule has 32 heavy (non-hydrogen) atoms. The predicted octanol–water partition coefficient (Wildman–Crippen LogP) is 4.41. The van der Waals surface area contributed by atoms with Crippen molar-refractivity contribution < 1.29 is 19.1 Å². The van der Waals surface area contributed by atoms with E-state index in [0.29, 0.717) is 28.8 Å². The Morgan fingerprint density at radius 2 is 1.91 bits per heavy atom. The van der Waals surface area contributed by atoms with Crippen molar-refractivity contribution in [1.29, 1.82) is 0 Å². The van der Waals surface area contributed by atoms with Gasteiger partial charge in [0, 0.05) is 29.5 Å². The normalized spacial score (nSPS) is 17.7. The van der Waals surface area contributed by atoms with Crippen LogP contribution in [0.15, 0.2) is 29.2 Å². The van der Waals surface area contributed by atoms with Crippen LogP contribution in [0.5, 0.6) is 5.75 Å². The fourth-order valence-electron chi connectivity index (χ4n) is 4.12. The van der Waals surface area contributed by atoms with Crippen LogP contribution in [-0.2, 0) is 9.59 Å². The van der Waals surface area contributed by atoms with Crippen molar-refractivity contribution in [2.24, 2.45) is 0 Å². The lowest BCUT2D eigenvalue weighted by Gasteiger charge is -2.18. The van der Waals surface area contributed by atoms with Gasteiger partial charge in [0.15, 0.2) is 0 Å². The van der Waals surface area contributed by atoms with E-state index in [4.69, 9.17) is 16.3 Å². The second kappa shape index (κ2) is 9.03. The number of amides is 3. The van der Waals surface area contributed by atoms with Gasteiger partial charge in [-0.3, -0.25) is 19.3 Å². The number of benzene rings is 1. The van der Waals surface area contributed by atoms with Crippen molar-refractivity contribution >= 4 is 46.5 Å². The Morgan fingerprint density at radius 1 is 1.19 bits per heavy atom. The summed E-state index contributed by atoms with van der Waals surface area (Å²) in [5.74, 6) is 0.0541. The summed E-state index contributed by atoms with van der Waals surface area (Å²) in [6.07, 6.45) is 3.63. The zero-order valence-electron chi connectivity index (χ0n) is 18.2. The van der Waals surface area contributed by atoms with Gasteiger partial charge in [-0.05, 0) is 74.4 Å². The maximum absolute atomic E-state index is 12.9. The number of nitrogens with zero attached hydrogens (tertiary/aromatic N) is 3. The molecule has 3 heterocycles. The minimum absolute atomic E-state index is 0.183. The molecule has 1 aromatic heterocycles. The third-order valence-corrected chi connectivity index (χ3v) is 6.91. The fraction of sp³-hybridized carbons (Fsp3) is 0.348. The molecule has 2 aliphatic rings. The van der Waals surface area contributed by atoms with Crippen LogP contribution in [0.2, 0.25) is 5.02 Å². The molecule has 0 radical (unpaired) electrons. The number of aromatic nitrogens is 1. The Hall–Kier alpha value is -2.71. The van der Waals surface area contributed by atoms with E-state index in [1.807, 2.05) is 30.5 Å². The van der Waals surface area contributed by atoms with Crippen molar-refractivity contribution in [2.75, 3.05) is 26.7 Å². The molecule has 2 fully saturated rings. The molecule has 0 bridgehead atoms. The van der Waals surface area contributed by atoms with E-state index >= 15 is 0 Å². The van der Waals surface area contributed by atoms with Gasteiger partial charge < -0.3 is 14.2 Å². The van der Waals surface area contributed by atoms with Crippen LogP contribution in [0, 0.1) is 13.8 Å². The van der Waals surface area contributed by atoms with Crippen molar-refractivity contribution in [3.63, 3.8) is 0 Å². The van der Waals surface area contributed by atoms with Gasteiger partial charge >= 0.3 is 0 Å². The van der Waals surface area contributed by atoms with E-state index in [0.717, 1.165) is 52.1 Å². The summed E-state index contributed by atoms with van der Waals surface area (Å²) in [6, 6.07) is 7.33. The molecule has 3 amide bonds. The second-order valence-electron chi connectivity index (χ2n) is 7.83. The van der Waals surface area contributed by atoms with Gasteiger partial charge in [0.1, 0.15) is 12.3 Å². The topological polar surface area (TPSA) is 71.8 Å². The summed E-state index contributed by atoms with van der Waals surface area (Å²) in [5, 5.41) is 0.165. The number of imide groups is 1. The Morgan fingerprint density at radius 3 is 2.59 bits per heavy atom. The largest absolute Gasteiger partial charge is 0.495 e. The monoisotopic (exact) mass is 473 g/mol. The molecule has 0 atom stereocenters. The average Bonchev–Trinajstić information content (AvgIpc) is 3.45. The summed E-state index contributed by atoms with van der Waals surface area (Å²) in [7, 11) is 1.60. The maximum atomic E-state index is 12.9. The Balaban J connectivity index is 1.62. The predicted molar refractivity (Wildman–Crippen MR) is 125 cm³/mol. The van der Waals surface area contributed by atoms with E-state index in [2.05, 4.69) is 0 Å². The number of likely N-dealkylation sites (tertiary alicyclic amines) is 1. The lowest BCUT2D eigenvalue weighted by molar-refractivity contribution is -0.135.